The number of ketones is 1. The van der Waals surface area contributed by atoms with Gasteiger partial charge in [-0.1, -0.05) is 77.1 Å². The van der Waals surface area contributed by atoms with Gasteiger partial charge in [-0.05, 0) is 66.1 Å². The van der Waals surface area contributed by atoms with E-state index in [0.717, 1.165) is 19.3 Å². The number of ether oxygens (including phenoxy) is 1. The maximum Gasteiger partial charge on any atom is 0.192 e. The van der Waals surface area contributed by atoms with Crippen LogP contribution in [0, 0.1) is 28.6 Å². The molecule has 0 heterocycles. The van der Waals surface area contributed by atoms with Crippen molar-refractivity contribution < 1.29 is 14.0 Å². The van der Waals surface area contributed by atoms with E-state index in [1.807, 2.05) is 6.07 Å². The van der Waals surface area contributed by atoms with Gasteiger partial charge in [-0.15, -0.1) is 0 Å². The fourth-order valence-electron chi connectivity index (χ4n) is 7.14. The number of benzene rings is 1. The van der Waals surface area contributed by atoms with Crippen LogP contribution >= 0.6 is 0 Å². The van der Waals surface area contributed by atoms with Gasteiger partial charge in [0.05, 0.1) is 19.3 Å². The molecule has 4 heteroatoms. The van der Waals surface area contributed by atoms with E-state index in [0.29, 0.717) is 49.6 Å². The summed E-state index contributed by atoms with van der Waals surface area (Å²) in [6, 6.07) is 10.4. The predicted molar refractivity (Wildman–Crippen MR) is 142 cm³/mol. The summed E-state index contributed by atoms with van der Waals surface area (Å²) in [5.41, 5.74) is 1.14. The van der Waals surface area contributed by atoms with Crippen molar-refractivity contribution in [3.8, 4) is 0 Å². The second-order valence-electron chi connectivity index (χ2n) is 13.2. The van der Waals surface area contributed by atoms with Gasteiger partial charge in [0, 0.05) is 18.3 Å². The molecule has 0 aromatic heterocycles. The summed E-state index contributed by atoms with van der Waals surface area (Å²) >= 11 is 0. The van der Waals surface area contributed by atoms with Gasteiger partial charge in [-0.2, -0.15) is 0 Å². The molecule has 1 aromatic rings. The molecule has 188 valence electrons. The van der Waals surface area contributed by atoms with E-state index in [4.69, 9.17) is 9.16 Å². The molecule has 3 aliphatic carbocycles. The molecule has 0 unspecified atom stereocenters. The molecular formula is C30H46O3Si. The number of hydrogen-bond donors (Lipinski definition) is 0. The Morgan fingerprint density at radius 2 is 1.85 bits per heavy atom. The van der Waals surface area contributed by atoms with Gasteiger partial charge >= 0.3 is 0 Å². The lowest BCUT2D eigenvalue weighted by molar-refractivity contribution is -0.194. The van der Waals surface area contributed by atoms with Crippen molar-refractivity contribution in [2.45, 2.75) is 97.6 Å². The fourth-order valence-corrected chi connectivity index (χ4v) is 8.54. The summed E-state index contributed by atoms with van der Waals surface area (Å²) < 4.78 is 13.8. The highest BCUT2D eigenvalue weighted by atomic mass is 28.4. The van der Waals surface area contributed by atoms with Crippen LogP contribution in [-0.2, 0) is 20.6 Å². The van der Waals surface area contributed by atoms with E-state index in [-0.39, 0.29) is 22.0 Å². The summed E-state index contributed by atoms with van der Waals surface area (Å²) in [6.07, 6.45) is 9.32. The first-order chi connectivity index (χ1) is 15.9. The molecular weight excluding hydrogens is 436 g/mol. The van der Waals surface area contributed by atoms with E-state index in [1.54, 1.807) is 0 Å². The van der Waals surface area contributed by atoms with Gasteiger partial charge in [-0.3, -0.25) is 4.79 Å². The molecule has 0 aliphatic heterocycles. The first-order valence-electron chi connectivity index (χ1n) is 13.4. The lowest BCUT2D eigenvalue weighted by Gasteiger charge is -2.64. The molecule has 2 fully saturated rings. The molecule has 3 nitrogen and oxygen atoms in total. The van der Waals surface area contributed by atoms with Crippen LogP contribution in [-0.4, -0.2) is 26.8 Å². The average Bonchev–Trinajstić information content (AvgIpc) is 2.75. The number of allylic oxidation sites excluding steroid dienone is 2. The van der Waals surface area contributed by atoms with Crippen molar-refractivity contribution >= 4 is 14.1 Å². The number of Topliss-reactive ketones (excluding diaryl/α,β-unsaturated/α-hetero) is 1. The lowest BCUT2D eigenvalue weighted by atomic mass is 9.43. The highest BCUT2D eigenvalue weighted by molar-refractivity contribution is 6.74. The van der Waals surface area contributed by atoms with Crippen molar-refractivity contribution in [3.63, 3.8) is 0 Å². The highest BCUT2D eigenvalue weighted by Crippen LogP contribution is 2.65. The quantitative estimate of drug-likeness (QED) is 0.310. The zero-order valence-corrected chi connectivity index (χ0v) is 23.5. The standard InChI is InChI=1S/C30H46O3Si/c1-22-12-11-17-29(5)25(22)18-27(33-34(6,7)28(2,3)4)30(19-24(31)15-16-26(29)30)21-32-20-23-13-9-8-10-14-23/h8-14,22,25-27H,15-21H2,1-7H3/t22-,25+,26-,27-,29+,30-/m1/s1. The van der Waals surface area contributed by atoms with Crippen LogP contribution < -0.4 is 0 Å². The fraction of sp³-hybridized carbons (Fsp3) is 0.700. The average molecular weight is 483 g/mol. The summed E-state index contributed by atoms with van der Waals surface area (Å²) in [6.45, 7) is 17.8. The first kappa shape index (κ1) is 25.8. The lowest BCUT2D eigenvalue weighted by Crippen LogP contribution is -2.64. The third kappa shape index (κ3) is 4.63. The largest absolute Gasteiger partial charge is 0.413 e. The van der Waals surface area contributed by atoms with Crippen molar-refractivity contribution in [1.29, 1.82) is 0 Å². The van der Waals surface area contributed by atoms with Gasteiger partial charge < -0.3 is 9.16 Å². The molecule has 2 saturated carbocycles. The molecule has 34 heavy (non-hydrogen) atoms. The van der Waals surface area contributed by atoms with Gasteiger partial charge in [0.2, 0.25) is 0 Å². The molecule has 0 amide bonds. The summed E-state index contributed by atoms with van der Waals surface area (Å²) in [5.74, 6) is 1.97. The molecule has 0 radical (unpaired) electrons. The van der Waals surface area contributed by atoms with Crippen LogP contribution in [0.15, 0.2) is 42.5 Å². The van der Waals surface area contributed by atoms with E-state index in [9.17, 15) is 4.79 Å². The monoisotopic (exact) mass is 482 g/mol. The molecule has 3 aliphatic rings. The number of rotatable bonds is 6. The van der Waals surface area contributed by atoms with Crippen LogP contribution in [0.2, 0.25) is 18.1 Å². The number of carbonyl (C=O) groups excluding carboxylic acids is 1. The number of hydrogen-bond acceptors (Lipinski definition) is 3. The van der Waals surface area contributed by atoms with Crippen LogP contribution in [0.5, 0.6) is 0 Å². The van der Waals surface area contributed by atoms with Crippen LogP contribution in [0.4, 0.5) is 0 Å². The minimum Gasteiger partial charge on any atom is -0.413 e. The van der Waals surface area contributed by atoms with Gasteiger partial charge in [0.25, 0.3) is 0 Å². The molecule has 1 aromatic carbocycles. The van der Waals surface area contributed by atoms with Crippen molar-refractivity contribution in [2.75, 3.05) is 6.61 Å². The Morgan fingerprint density at radius 3 is 2.53 bits per heavy atom. The second kappa shape index (κ2) is 9.33. The van der Waals surface area contributed by atoms with Crippen molar-refractivity contribution in [3.05, 3.63) is 48.0 Å². The Morgan fingerprint density at radius 1 is 1.15 bits per heavy atom. The zero-order chi connectivity index (χ0) is 24.8. The summed E-state index contributed by atoms with van der Waals surface area (Å²) in [5, 5.41) is 0.131. The Balaban J connectivity index is 1.72. The smallest absolute Gasteiger partial charge is 0.192 e. The van der Waals surface area contributed by atoms with E-state index in [2.05, 4.69) is 84.1 Å². The Labute approximate surface area is 208 Å². The second-order valence-corrected chi connectivity index (χ2v) is 18.0. The van der Waals surface area contributed by atoms with E-state index in [1.165, 1.54) is 5.56 Å². The Kier molecular flexibility index (Phi) is 7.09. The highest BCUT2D eigenvalue weighted by Gasteiger charge is 2.63. The van der Waals surface area contributed by atoms with Crippen molar-refractivity contribution in [1.82, 2.24) is 0 Å². The third-order valence-corrected chi connectivity index (χ3v) is 14.5. The molecule has 0 saturated heterocycles. The molecule has 0 spiro atoms. The minimum absolute atomic E-state index is 0.0745. The van der Waals surface area contributed by atoms with Gasteiger partial charge in [0.15, 0.2) is 8.32 Å². The van der Waals surface area contributed by atoms with Gasteiger partial charge in [0.1, 0.15) is 5.78 Å². The minimum atomic E-state index is -2.03. The maximum absolute atomic E-state index is 13.1. The van der Waals surface area contributed by atoms with Crippen LogP contribution in [0.1, 0.15) is 72.3 Å². The first-order valence-corrected chi connectivity index (χ1v) is 16.3. The Hall–Kier alpha value is -1.23. The van der Waals surface area contributed by atoms with Crippen LogP contribution in [0.3, 0.4) is 0 Å². The van der Waals surface area contributed by atoms with Gasteiger partial charge in [-0.25, -0.2) is 0 Å². The third-order valence-electron chi connectivity index (χ3n) is 10.0. The maximum atomic E-state index is 13.1. The molecule has 4 rings (SSSR count). The SMILES string of the molecule is C[C@@H]1C=CC[C@]2(C)[C@H]3CCC(=O)C[C@]3(COCc3ccccc3)[C@H](O[Si](C)(C)C(C)(C)C)C[C@@H]12. The molecule has 0 N–H and O–H groups in total. The van der Waals surface area contributed by atoms with Crippen molar-refractivity contribution in [2.24, 2.45) is 28.6 Å². The van der Waals surface area contributed by atoms with Crippen LogP contribution in [0.25, 0.3) is 0 Å². The number of fused-ring (bicyclic) bond motifs is 3. The normalized spacial score (nSPS) is 36.1. The topological polar surface area (TPSA) is 35.5 Å². The predicted octanol–water partition coefficient (Wildman–Crippen LogP) is 7.57. The summed E-state index contributed by atoms with van der Waals surface area (Å²) in [7, 11) is -2.03. The molecule has 6 atom stereocenters. The number of carbonyl (C=O) groups is 1. The van der Waals surface area contributed by atoms with E-state index >= 15 is 0 Å². The summed E-state index contributed by atoms with van der Waals surface area (Å²) in [4.78, 5) is 13.1. The molecule has 0 bridgehead atoms. The zero-order valence-electron chi connectivity index (χ0n) is 22.5. The van der Waals surface area contributed by atoms with E-state index < -0.39 is 8.32 Å². The Bertz CT molecular complexity index is 901.